The van der Waals surface area contributed by atoms with Crippen molar-refractivity contribution in [3.8, 4) is 11.3 Å². The fourth-order valence-electron chi connectivity index (χ4n) is 2.82. The van der Waals surface area contributed by atoms with Crippen LogP contribution in [0.4, 0.5) is 4.39 Å². The molecule has 0 saturated carbocycles. The zero-order valence-electron chi connectivity index (χ0n) is 13.7. The van der Waals surface area contributed by atoms with Gasteiger partial charge in [-0.1, -0.05) is 36.1 Å². The fraction of sp³-hybridized carbons (Fsp3) is 0.222. The van der Waals surface area contributed by atoms with Gasteiger partial charge < -0.3 is 9.15 Å². The molecule has 0 N–H and O–H groups in total. The van der Waals surface area contributed by atoms with Crippen LogP contribution >= 0.6 is 24.0 Å². The van der Waals surface area contributed by atoms with Crippen molar-refractivity contribution in [2.24, 2.45) is 0 Å². The van der Waals surface area contributed by atoms with E-state index in [0.29, 0.717) is 52.6 Å². The highest BCUT2D eigenvalue weighted by Crippen LogP contribution is 2.35. The molecule has 0 radical (unpaired) electrons. The summed E-state index contributed by atoms with van der Waals surface area (Å²) >= 11 is 6.59. The van der Waals surface area contributed by atoms with Crippen LogP contribution in [0.1, 0.15) is 5.76 Å². The van der Waals surface area contributed by atoms with Crippen LogP contribution in [0.5, 0.6) is 0 Å². The molecule has 4 rings (SSSR count). The molecule has 1 aromatic carbocycles. The summed E-state index contributed by atoms with van der Waals surface area (Å²) in [7, 11) is 0. The fourth-order valence-corrected chi connectivity index (χ4v) is 4.11. The van der Waals surface area contributed by atoms with Crippen molar-refractivity contribution in [3.63, 3.8) is 0 Å². The molecule has 2 aliphatic rings. The van der Waals surface area contributed by atoms with Gasteiger partial charge in [0.2, 0.25) is 0 Å². The maximum absolute atomic E-state index is 13.9. The van der Waals surface area contributed by atoms with E-state index < -0.39 is 0 Å². The van der Waals surface area contributed by atoms with E-state index in [9.17, 15) is 9.18 Å². The number of amides is 1. The Morgan fingerprint density at radius 1 is 1.15 bits per heavy atom. The van der Waals surface area contributed by atoms with Crippen molar-refractivity contribution in [2.75, 3.05) is 26.3 Å². The van der Waals surface area contributed by atoms with E-state index in [1.54, 1.807) is 36.4 Å². The summed E-state index contributed by atoms with van der Waals surface area (Å²) in [4.78, 5) is 13.2. The summed E-state index contributed by atoms with van der Waals surface area (Å²) in [5.74, 6) is 0.363. The Morgan fingerprint density at radius 3 is 2.69 bits per heavy atom. The van der Waals surface area contributed by atoms with Crippen molar-refractivity contribution in [1.82, 2.24) is 10.0 Å². The second-order valence-electron chi connectivity index (χ2n) is 5.74. The number of thiocarbonyl (C=S) groups is 1. The van der Waals surface area contributed by atoms with Gasteiger partial charge in [0, 0.05) is 19.2 Å². The number of carbonyl (C=O) groups is 1. The molecule has 0 unspecified atom stereocenters. The number of nitrogens with zero attached hydrogens (tertiary/aromatic N) is 2. The molecule has 2 aromatic rings. The zero-order valence-corrected chi connectivity index (χ0v) is 15.3. The maximum atomic E-state index is 13.9. The average Bonchev–Trinajstić information content (AvgIpc) is 3.21. The van der Waals surface area contributed by atoms with Crippen LogP contribution in [0.3, 0.4) is 0 Å². The topological polar surface area (TPSA) is 45.9 Å². The molecule has 26 heavy (non-hydrogen) atoms. The van der Waals surface area contributed by atoms with Crippen molar-refractivity contribution in [2.45, 2.75) is 0 Å². The number of thioether (sulfide) groups is 1. The molecule has 0 spiro atoms. The minimum absolute atomic E-state index is 0.175. The largest absolute Gasteiger partial charge is 0.457 e. The van der Waals surface area contributed by atoms with Crippen LogP contribution in [0.2, 0.25) is 0 Å². The summed E-state index contributed by atoms with van der Waals surface area (Å²) in [6.45, 7) is 2.39. The Morgan fingerprint density at radius 2 is 1.92 bits per heavy atom. The lowest BCUT2D eigenvalue weighted by atomic mass is 10.1. The minimum Gasteiger partial charge on any atom is -0.457 e. The summed E-state index contributed by atoms with van der Waals surface area (Å²) < 4.78 is 25.4. The van der Waals surface area contributed by atoms with Crippen LogP contribution in [0.25, 0.3) is 17.4 Å². The lowest BCUT2D eigenvalue weighted by molar-refractivity contribution is -0.138. The van der Waals surface area contributed by atoms with Gasteiger partial charge >= 0.3 is 0 Å². The quantitative estimate of drug-likeness (QED) is 0.590. The molecule has 3 heterocycles. The van der Waals surface area contributed by atoms with Crippen LogP contribution in [0, 0.1) is 5.82 Å². The Balaban J connectivity index is 1.56. The van der Waals surface area contributed by atoms with Crippen LogP contribution < -0.4 is 0 Å². The van der Waals surface area contributed by atoms with Crippen molar-refractivity contribution in [3.05, 3.63) is 52.9 Å². The third kappa shape index (κ3) is 3.33. The average molecular weight is 390 g/mol. The Kier molecular flexibility index (Phi) is 4.90. The molecule has 2 fully saturated rings. The number of furan rings is 1. The van der Waals surface area contributed by atoms with E-state index in [0.717, 1.165) is 0 Å². The molecular weight excluding hydrogens is 375 g/mol. The monoisotopic (exact) mass is 390 g/mol. The van der Waals surface area contributed by atoms with Crippen LogP contribution in [-0.4, -0.2) is 46.5 Å². The molecule has 0 bridgehead atoms. The number of benzene rings is 1. The highest BCUT2D eigenvalue weighted by atomic mass is 32.2. The van der Waals surface area contributed by atoms with E-state index in [1.165, 1.54) is 22.8 Å². The van der Waals surface area contributed by atoms with Gasteiger partial charge in [-0.15, -0.1) is 0 Å². The maximum Gasteiger partial charge on any atom is 0.281 e. The summed E-state index contributed by atoms with van der Waals surface area (Å²) in [5, 5.41) is 3.42. The normalized spacial score (nSPS) is 20.3. The molecule has 134 valence electrons. The zero-order chi connectivity index (χ0) is 18.1. The highest BCUT2D eigenvalue weighted by molar-refractivity contribution is 8.26. The van der Waals surface area contributed by atoms with E-state index in [-0.39, 0.29) is 11.7 Å². The molecule has 0 aliphatic carbocycles. The molecule has 1 amide bonds. The number of ether oxygens (including phenoxy) is 1. The minimum atomic E-state index is -0.355. The van der Waals surface area contributed by atoms with E-state index in [1.807, 2.05) is 5.01 Å². The molecule has 5 nitrogen and oxygen atoms in total. The number of hydrogen-bond donors (Lipinski definition) is 0. The third-order valence-electron chi connectivity index (χ3n) is 4.08. The number of morpholine rings is 1. The van der Waals surface area contributed by atoms with Crippen molar-refractivity contribution >= 4 is 40.3 Å². The Bertz CT molecular complexity index is 890. The first kappa shape index (κ1) is 17.4. The SMILES string of the molecule is O=C1/C(=C\c2ccc(-c3ccccc3F)o2)SC(=S)N1N1CCOCC1. The summed E-state index contributed by atoms with van der Waals surface area (Å²) in [6.07, 6.45) is 1.64. The van der Waals surface area contributed by atoms with Gasteiger partial charge in [-0.3, -0.25) is 4.79 Å². The van der Waals surface area contributed by atoms with Gasteiger partial charge in [-0.2, -0.15) is 0 Å². The molecule has 8 heteroatoms. The number of hydrazine groups is 1. The van der Waals surface area contributed by atoms with Gasteiger partial charge in [0.15, 0.2) is 4.32 Å². The molecule has 0 atom stereocenters. The second kappa shape index (κ2) is 7.32. The van der Waals surface area contributed by atoms with Gasteiger partial charge in [0.1, 0.15) is 17.3 Å². The van der Waals surface area contributed by atoms with E-state index in [2.05, 4.69) is 0 Å². The van der Waals surface area contributed by atoms with Crippen molar-refractivity contribution < 1.29 is 18.3 Å². The van der Waals surface area contributed by atoms with Crippen LogP contribution in [0.15, 0.2) is 45.7 Å². The standard InChI is InChI=1S/C18H15FN2O3S2/c19-14-4-2-1-3-13(14)15-6-5-12(24-15)11-16-17(22)21(18(25)26-16)20-7-9-23-10-8-20/h1-6,11H,7-10H2/b16-11+. The Labute approximate surface area is 159 Å². The number of carbonyl (C=O) groups excluding carboxylic acids is 1. The Hall–Kier alpha value is -2.00. The van der Waals surface area contributed by atoms with Gasteiger partial charge in [-0.05, 0) is 24.3 Å². The molecule has 2 aliphatic heterocycles. The predicted octanol–water partition coefficient (Wildman–Crippen LogP) is 3.53. The first-order valence-corrected chi connectivity index (χ1v) is 9.31. The lowest BCUT2D eigenvalue weighted by Gasteiger charge is -2.33. The molecule has 1 aromatic heterocycles. The van der Waals surface area contributed by atoms with Crippen LogP contribution in [-0.2, 0) is 9.53 Å². The van der Waals surface area contributed by atoms with Crippen molar-refractivity contribution in [1.29, 1.82) is 0 Å². The second-order valence-corrected chi connectivity index (χ2v) is 7.42. The van der Waals surface area contributed by atoms with Gasteiger partial charge in [-0.25, -0.2) is 14.4 Å². The van der Waals surface area contributed by atoms with Gasteiger partial charge in [0.05, 0.1) is 23.7 Å². The molecular formula is C18H15FN2O3S2. The molecule has 2 saturated heterocycles. The number of rotatable bonds is 3. The summed E-state index contributed by atoms with van der Waals surface area (Å²) in [5.41, 5.74) is 0.382. The van der Waals surface area contributed by atoms with Gasteiger partial charge in [0.25, 0.3) is 5.91 Å². The summed E-state index contributed by atoms with van der Waals surface area (Å²) in [6, 6.07) is 9.80. The first-order chi connectivity index (χ1) is 12.6. The van der Waals surface area contributed by atoms with E-state index in [4.69, 9.17) is 21.4 Å². The smallest absolute Gasteiger partial charge is 0.281 e. The third-order valence-corrected chi connectivity index (χ3v) is 5.37. The highest BCUT2D eigenvalue weighted by Gasteiger charge is 2.37. The predicted molar refractivity (Wildman–Crippen MR) is 102 cm³/mol. The first-order valence-electron chi connectivity index (χ1n) is 8.09. The van der Waals surface area contributed by atoms with E-state index >= 15 is 0 Å². The lowest BCUT2D eigenvalue weighted by Crippen LogP contribution is -2.50. The number of hydrogen-bond acceptors (Lipinski definition) is 6. The number of halogens is 1.